The minimum atomic E-state index is -3.84. The first-order valence-corrected chi connectivity index (χ1v) is 10.3. The summed E-state index contributed by atoms with van der Waals surface area (Å²) in [7, 11) is 0. The highest BCUT2D eigenvalue weighted by atomic mass is 19.3. The van der Waals surface area contributed by atoms with Gasteiger partial charge in [0, 0.05) is 17.0 Å². The molecule has 12 heteroatoms. The number of aliphatic hydroxyl groups is 1. The van der Waals surface area contributed by atoms with Crippen molar-refractivity contribution in [2.24, 2.45) is 5.41 Å². The standard InChI is InChI=1S/C22H18F6N4O2/c23-14-3-6-16(17(24)7-14)21(33,11-32-12-29-30-31-32)22(27,28)20-8-19(9-20,10-20)13-1-4-15(5-2-13)34-18(25)26/h1-7,12,18,33H,8-11H2/t19?,20?,21-/m1/s1. The molecule has 3 saturated carbocycles. The zero-order valence-corrected chi connectivity index (χ0v) is 17.4. The summed E-state index contributed by atoms with van der Waals surface area (Å²) in [5.74, 6) is -6.18. The maximum atomic E-state index is 16.1. The van der Waals surface area contributed by atoms with E-state index in [9.17, 15) is 22.7 Å². The van der Waals surface area contributed by atoms with Gasteiger partial charge in [0.2, 0.25) is 0 Å². The smallest absolute Gasteiger partial charge is 0.387 e. The summed E-state index contributed by atoms with van der Waals surface area (Å²) >= 11 is 0. The second-order valence-electron chi connectivity index (χ2n) is 9.06. The maximum Gasteiger partial charge on any atom is 0.387 e. The molecule has 1 N–H and O–H groups in total. The number of rotatable bonds is 8. The molecule has 0 saturated heterocycles. The number of halogens is 6. The Morgan fingerprint density at radius 2 is 1.74 bits per heavy atom. The molecule has 2 bridgehead atoms. The molecule has 3 fully saturated rings. The zero-order valence-electron chi connectivity index (χ0n) is 17.4. The summed E-state index contributed by atoms with van der Waals surface area (Å²) in [4.78, 5) is 0. The first-order chi connectivity index (χ1) is 16.0. The molecule has 1 atom stereocenters. The van der Waals surface area contributed by atoms with Gasteiger partial charge in [-0.1, -0.05) is 12.1 Å². The first-order valence-electron chi connectivity index (χ1n) is 10.3. The molecule has 1 heterocycles. The van der Waals surface area contributed by atoms with Gasteiger partial charge in [-0.05, 0) is 64.9 Å². The van der Waals surface area contributed by atoms with E-state index in [1.54, 1.807) is 12.1 Å². The molecule has 6 rings (SSSR count). The molecule has 2 aromatic carbocycles. The number of tetrazole rings is 1. The van der Waals surface area contributed by atoms with Crippen LogP contribution in [0, 0.1) is 17.0 Å². The van der Waals surface area contributed by atoms with E-state index in [1.807, 2.05) is 0 Å². The molecule has 0 amide bonds. The van der Waals surface area contributed by atoms with Crippen molar-refractivity contribution in [1.29, 1.82) is 0 Å². The van der Waals surface area contributed by atoms with Gasteiger partial charge in [0.05, 0.1) is 6.54 Å². The third-order valence-electron chi connectivity index (χ3n) is 7.07. The van der Waals surface area contributed by atoms with Crippen LogP contribution < -0.4 is 4.74 Å². The van der Waals surface area contributed by atoms with Crippen LogP contribution in [0.25, 0.3) is 0 Å². The molecule has 0 aliphatic heterocycles. The number of alkyl halides is 4. The fraction of sp³-hybridized carbons (Fsp3) is 0.409. The lowest BCUT2D eigenvalue weighted by atomic mass is 9.30. The molecule has 1 aromatic heterocycles. The van der Waals surface area contributed by atoms with Gasteiger partial charge in [0.15, 0.2) is 5.60 Å². The van der Waals surface area contributed by atoms with E-state index in [0.717, 1.165) is 23.1 Å². The van der Waals surface area contributed by atoms with Gasteiger partial charge < -0.3 is 9.84 Å². The zero-order chi connectivity index (χ0) is 24.4. The lowest BCUT2D eigenvalue weighted by Crippen LogP contribution is -2.76. The van der Waals surface area contributed by atoms with Crippen molar-refractivity contribution in [3.8, 4) is 5.75 Å². The van der Waals surface area contributed by atoms with E-state index in [0.29, 0.717) is 11.6 Å². The second-order valence-corrected chi connectivity index (χ2v) is 9.06. The molecule has 180 valence electrons. The number of nitrogens with zero attached hydrogens (tertiary/aromatic N) is 4. The van der Waals surface area contributed by atoms with E-state index < -0.39 is 52.7 Å². The van der Waals surface area contributed by atoms with Crippen molar-refractivity contribution in [3.63, 3.8) is 0 Å². The third kappa shape index (κ3) is 3.18. The van der Waals surface area contributed by atoms with Crippen molar-refractivity contribution in [2.45, 2.75) is 49.4 Å². The maximum absolute atomic E-state index is 16.1. The molecule has 0 unspecified atom stereocenters. The van der Waals surface area contributed by atoms with Gasteiger partial charge in [-0.25, -0.2) is 22.2 Å². The summed E-state index contributed by atoms with van der Waals surface area (Å²) < 4.78 is 90.2. The highest BCUT2D eigenvalue weighted by molar-refractivity contribution is 5.44. The SMILES string of the molecule is O[C@](Cn1cnnn1)(c1ccc(F)cc1F)C(F)(F)C12CC(c3ccc(OC(F)F)cc3)(C1)C2. The van der Waals surface area contributed by atoms with Gasteiger partial charge in [0.1, 0.15) is 23.7 Å². The Morgan fingerprint density at radius 1 is 1.06 bits per heavy atom. The molecule has 6 nitrogen and oxygen atoms in total. The molecule has 34 heavy (non-hydrogen) atoms. The minimum Gasteiger partial charge on any atom is -0.435 e. The molecule has 3 aromatic rings. The van der Waals surface area contributed by atoms with Gasteiger partial charge in [-0.2, -0.15) is 8.78 Å². The number of hydrogen-bond donors (Lipinski definition) is 1. The number of aromatic nitrogens is 4. The predicted octanol–water partition coefficient (Wildman–Crippen LogP) is 4.20. The summed E-state index contributed by atoms with van der Waals surface area (Å²) in [5, 5.41) is 21.6. The van der Waals surface area contributed by atoms with Crippen LogP contribution in [0.2, 0.25) is 0 Å². The van der Waals surface area contributed by atoms with Crippen molar-refractivity contribution in [1.82, 2.24) is 20.2 Å². The molecule has 3 aliphatic carbocycles. The summed E-state index contributed by atoms with van der Waals surface area (Å²) in [6, 6.07) is 7.81. The van der Waals surface area contributed by atoms with E-state index in [2.05, 4.69) is 20.3 Å². The highest BCUT2D eigenvalue weighted by Crippen LogP contribution is 2.80. The fourth-order valence-corrected chi connectivity index (χ4v) is 5.52. The average molecular weight is 484 g/mol. The van der Waals surface area contributed by atoms with Crippen molar-refractivity contribution in [2.75, 3.05) is 0 Å². The van der Waals surface area contributed by atoms with Crippen LogP contribution in [0.1, 0.15) is 30.4 Å². The average Bonchev–Trinajstić information content (AvgIpc) is 3.19. The van der Waals surface area contributed by atoms with Crippen LogP contribution in [0.15, 0.2) is 48.8 Å². The van der Waals surface area contributed by atoms with E-state index in [-0.39, 0.29) is 25.0 Å². The van der Waals surface area contributed by atoms with Crippen LogP contribution in [-0.4, -0.2) is 37.8 Å². The lowest BCUT2D eigenvalue weighted by molar-refractivity contribution is -0.347. The monoisotopic (exact) mass is 484 g/mol. The Bertz CT molecular complexity index is 1180. The fourth-order valence-electron chi connectivity index (χ4n) is 5.52. The molecular weight excluding hydrogens is 466 g/mol. The largest absolute Gasteiger partial charge is 0.435 e. The van der Waals surface area contributed by atoms with Gasteiger partial charge in [0.25, 0.3) is 5.92 Å². The van der Waals surface area contributed by atoms with Gasteiger partial charge in [-0.15, -0.1) is 5.10 Å². The Hall–Kier alpha value is -3.15. The Morgan fingerprint density at radius 3 is 2.29 bits per heavy atom. The van der Waals surface area contributed by atoms with E-state index >= 15 is 8.78 Å². The van der Waals surface area contributed by atoms with E-state index in [4.69, 9.17) is 0 Å². The topological polar surface area (TPSA) is 73.1 Å². The van der Waals surface area contributed by atoms with Crippen LogP contribution in [-0.2, 0) is 17.6 Å². The molecule has 3 aliphatic rings. The minimum absolute atomic E-state index is 0.0111. The van der Waals surface area contributed by atoms with Crippen LogP contribution in [0.5, 0.6) is 5.75 Å². The quantitative estimate of drug-likeness (QED) is 0.486. The summed E-state index contributed by atoms with van der Waals surface area (Å²) in [6.45, 7) is -3.84. The highest BCUT2D eigenvalue weighted by Gasteiger charge is 2.82. The Balaban J connectivity index is 1.44. The summed E-state index contributed by atoms with van der Waals surface area (Å²) in [6.07, 6.45) is 0.976. The number of ether oxygens (including phenoxy) is 1. The normalized spacial score (nSPS) is 25.4. The summed E-state index contributed by atoms with van der Waals surface area (Å²) in [5.41, 5.74) is -5.40. The van der Waals surface area contributed by atoms with E-state index in [1.165, 1.54) is 12.1 Å². The van der Waals surface area contributed by atoms with Crippen LogP contribution >= 0.6 is 0 Å². The van der Waals surface area contributed by atoms with Crippen molar-refractivity contribution < 1.29 is 36.2 Å². The number of hydrogen-bond acceptors (Lipinski definition) is 5. The Labute approximate surface area is 189 Å². The predicted molar refractivity (Wildman–Crippen MR) is 104 cm³/mol. The Kier molecular flexibility index (Phi) is 4.94. The number of benzene rings is 2. The second kappa shape index (κ2) is 7.42. The van der Waals surface area contributed by atoms with Crippen molar-refractivity contribution in [3.05, 3.63) is 71.6 Å². The van der Waals surface area contributed by atoms with Gasteiger partial charge >= 0.3 is 6.61 Å². The lowest BCUT2D eigenvalue weighted by Gasteiger charge is -2.74. The molecule has 0 spiro atoms. The molecular formula is C22H18F6N4O2. The first kappa shape index (κ1) is 22.6. The molecule has 0 radical (unpaired) electrons. The third-order valence-corrected chi connectivity index (χ3v) is 7.07. The van der Waals surface area contributed by atoms with Crippen LogP contribution in [0.3, 0.4) is 0 Å². The van der Waals surface area contributed by atoms with Gasteiger partial charge in [-0.3, -0.25) is 0 Å². The van der Waals surface area contributed by atoms with Crippen LogP contribution in [0.4, 0.5) is 26.3 Å². The van der Waals surface area contributed by atoms with Crippen molar-refractivity contribution >= 4 is 0 Å².